The SMILES string of the molecule is CCNN1C(=O)/C(=C\c2ccc(O)c(O)c2)SC1=S. The zero-order valence-electron chi connectivity index (χ0n) is 10.1. The van der Waals surface area contributed by atoms with Gasteiger partial charge in [-0.2, -0.15) is 0 Å². The minimum Gasteiger partial charge on any atom is -0.504 e. The van der Waals surface area contributed by atoms with Gasteiger partial charge in [-0.1, -0.05) is 37.0 Å². The van der Waals surface area contributed by atoms with Gasteiger partial charge in [-0.25, -0.2) is 10.4 Å². The first-order valence-electron chi connectivity index (χ1n) is 5.56. The maximum absolute atomic E-state index is 12.0. The highest BCUT2D eigenvalue weighted by molar-refractivity contribution is 8.26. The lowest BCUT2D eigenvalue weighted by Crippen LogP contribution is -2.40. The summed E-state index contributed by atoms with van der Waals surface area (Å²) in [5.41, 5.74) is 3.49. The van der Waals surface area contributed by atoms with Crippen molar-refractivity contribution in [2.75, 3.05) is 6.54 Å². The monoisotopic (exact) mass is 296 g/mol. The minimum atomic E-state index is -0.226. The number of amides is 1. The van der Waals surface area contributed by atoms with E-state index in [2.05, 4.69) is 5.43 Å². The molecule has 0 radical (unpaired) electrons. The molecule has 1 heterocycles. The third-order valence-corrected chi connectivity index (χ3v) is 3.71. The van der Waals surface area contributed by atoms with Crippen LogP contribution in [0.1, 0.15) is 12.5 Å². The van der Waals surface area contributed by atoms with E-state index in [9.17, 15) is 15.0 Å². The molecular formula is C12H12N2O3S2. The zero-order chi connectivity index (χ0) is 14.0. The van der Waals surface area contributed by atoms with Gasteiger partial charge >= 0.3 is 0 Å². The number of carbonyl (C=O) groups excluding carboxylic acids is 1. The molecular weight excluding hydrogens is 284 g/mol. The van der Waals surface area contributed by atoms with Crippen LogP contribution in [0.25, 0.3) is 6.08 Å². The Kier molecular flexibility index (Phi) is 4.08. The molecule has 0 bridgehead atoms. The fourth-order valence-electron chi connectivity index (χ4n) is 1.54. The van der Waals surface area contributed by atoms with Crippen molar-refractivity contribution in [3.05, 3.63) is 28.7 Å². The van der Waals surface area contributed by atoms with Crippen LogP contribution in [0.15, 0.2) is 23.1 Å². The molecule has 1 aromatic rings. The third kappa shape index (κ3) is 2.89. The average molecular weight is 296 g/mol. The number of carbonyl (C=O) groups is 1. The molecule has 5 nitrogen and oxygen atoms in total. The van der Waals surface area contributed by atoms with Crippen molar-refractivity contribution in [2.24, 2.45) is 0 Å². The molecule has 0 atom stereocenters. The first-order valence-corrected chi connectivity index (χ1v) is 6.79. The number of rotatable bonds is 3. The molecule has 19 heavy (non-hydrogen) atoms. The number of aromatic hydroxyl groups is 2. The van der Waals surface area contributed by atoms with Crippen LogP contribution in [0.2, 0.25) is 0 Å². The summed E-state index contributed by atoms with van der Waals surface area (Å²) in [6.45, 7) is 2.47. The van der Waals surface area contributed by atoms with Gasteiger partial charge < -0.3 is 10.2 Å². The second-order valence-electron chi connectivity index (χ2n) is 3.78. The van der Waals surface area contributed by atoms with Gasteiger partial charge in [-0.3, -0.25) is 4.79 Å². The Labute approximate surface area is 119 Å². The molecule has 0 aromatic heterocycles. The standard InChI is InChI=1S/C12H12N2O3S2/c1-2-13-14-11(17)10(19-12(14)18)6-7-3-4-8(15)9(16)5-7/h3-6,13,15-16H,2H2,1H3/b10-6+. The van der Waals surface area contributed by atoms with Crippen molar-refractivity contribution < 1.29 is 15.0 Å². The molecule has 100 valence electrons. The normalized spacial score (nSPS) is 17.5. The molecule has 0 saturated carbocycles. The van der Waals surface area contributed by atoms with E-state index in [0.29, 0.717) is 21.3 Å². The van der Waals surface area contributed by atoms with Gasteiger partial charge in [0.2, 0.25) is 0 Å². The summed E-state index contributed by atoms with van der Waals surface area (Å²) in [5, 5.41) is 20.0. The predicted octanol–water partition coefficient (Wildman–Crippen LogP) is 1.82. The number of phenolic OH excluding ortho intramolecular Hbond substituents is 2. The van der Waals surface area contributed by atoms with Gasteiger partial charge in [0.05, 0.1) is 4.91 Å². The summed E-state index contributed by atoms with van der Waals surface area (Å²) in [7, 11) is 0. The molecule has 1 fully saturated rings. The predicted molar refractivity (Wildman–Crippen MR) is 78.5 cm³/mol. The largest absolute Gasteiger partial charge is 0.504 e. The molecule has 1 amide bonds. The Bertz CT molecular complexity index is 572. The van der Waals surface area contributed by atoms with E-state index in [-0.39, 0.29) is 17.4 Å². The van der Waals surface area contributed by atoms with Gasteiger partial charge in [0.25, 0.3) is 5.91 Å². The number of thioether (sulfide) groups is 1. The maximum Gasteiger partial charge on any atom is 0.280 e. The third-order valence-electron chi connectivity index (χ3n) is 2.41. The van der Waals surface area contributed by atoms with Gasteiger partial charge in [-0.15, -0.1) is 0 Å². The van der Waals surface area contributed by atoms with Gasteiger partial charge in [0, 0.05) is 6.54 Å². The van der Waals surface area contributed by atoms with Gasteiger partial charge in [0.15, 0.2) is 15.8 Å². The molecule has 2 rings (SSSR count). The summed E-state index contributed by atoms with van der Waals surface area (Å²) < 4.78 is 0.445. The van der Waals surface area contributed by atoms with E-state index in [4.69, 9.17) is 12.2 Å². The second kappa shape index (κ2) is 5.60. The smallest absolute Gasteiger partial charge is 0.280 e. The Morgan fingerprint density at radius 1 is 1.42 bits per heavy atom. The summed E-state index contributed by atoms with van der Waals surface area (Å²) in [6, 6.07) is 4.36. The number of phenols is 2. The van der Waals surface area contributed by atoms with E-state index in [1.807, 2.05) is 6.92 Å². The maximum atomic E-state index is 12.0. The van der Waals surface area contributed by atoms with E-state index < -0.39 is 0 Å². The van der Waals surface area contributed by atoms with E-state index in [1.165, 1.54) is 28.9 Å². The van der Waals surface area contributed by atoms with Crippen LogP contribution in [0.4, 0.5) is 0 Å². The minimum absolute atomic E-state index is 0.197. The highest BCUT2D eigenvalue weighted by Gasteiger charge is 2.31. The second-order valence-corrected chi connectivity index (χ2v) is 5.45. The van der Waals surface area contributed by atoms with Gasteiger partial charge in [0.1, 0.15) is 0 Å². The van der Waals surface area contributed by atoms with Crippen LogP contribution < -0.4 is 5.43 Å². The first kappa shape index (κ1) is 13.9. The summed E-state index contributed by atoms with van der Waals surface area (Å²) in [5.74, 6) is -0.641. The highest BCUT2D eigenvalue weighted by Crippen LogP contribution is 2.33. The van der Waals surface area contributed by atoms with Gasteiger partial charge in [-0.05, 0) is 23.8 Å². The molecule has 7 heteroatoms. The van der Waals surface area contributed by atoms with Crippen LogP contribution in [0.3, 0.4) is 0 Å². The fraction of sp³-hybridized carbons (Fsp3) is 0.167. The van der Waals surface area contributed by atoms with Crippen molar-refractivity contribution in [3.8, 4) is 11.5 Å². The lowest BCUT2D eigenvalue weighted by Gasteiger charge is -2.13. The lowest BCUT2D eigenvalue weighted by molar-refractivity contribution is -0.124. The highest BCUT2D eigenvalue weighted by atomic mass is 32.2. The Morgan fingerprint density at radius 3 is 2.79 bits per heavy atom. The van der Waals surface area contributed by atoms with Crippen LogP contribution in [0.5, 0.6) is 11.5 Å². The zero-order valence-corrected chi connectivity index (χ0v) is 11.7. The van der Waals surface area contributed by atoms with Crippen LogP contribution in [-0.2, 0) is 4.79 Å². The molecule has 1 aliphatic heterocycles. The molecule has 1 aromatic carbocycles. The molecule has 1 aliphatic rings. The summed E-state index contributed by atoms with van der Waals surface area (Å²) >= 11 is 6.29. The van der Waals surface area contributed by atoms with E-state index in [0.717, 1.165) is 0 Å². The fourth-order valence-corrected chi connectivity index (χ4v) is 2.76. The molecule has 0 aliphatic carbocycles. The number of nitrogens with zero attached hydrogens (tertiary/aromatic N) is 1. The van der Waals surface area contributed by atoms with Crippen LogP contribution in [-0.4, -0.2) is 32.0 Å². The summed E-state index contributed by atoms with van der Waals surface area (Å²) in [6.07, 6.45) is 1.62. The number of hydrogen-bond acceptors (Lipinski definition) is 6. The van der Waals surface area contributed by atoms with E-state index >= 15 is 0 Å². The van der Waals surface area contributed by atoms with Crippen molar-refractivity contribution in [1.82, 2.24) is 10.4 Å². The molecule has 3 N–H and O–H groups in total. The van der Waals surface area contributed by atoms with Crippen LogP contribution in [0, 0.1) is 0 Å². The average Bonchev–Trinajstić information content (AvgIpc) is 2.62. The first-order chi connectivity index (χ1) is 9.02. The quantitative estimate of drug-likeness (QED) is 0.449. The van der Waals surface area contributed by atoms with Crippen molar-refractivity contribution in [1.29, 1.82) is 0 Å². The Hall–Kier alpha value is -1.57. The Morgan fingerprint density at radius 2 is 2.16 bits per heavy atom. The lowest BCUT2D eigenvalue weighted by atomic mass is 10.2. The van der Waals surface area contributed by atoms with Crippen molar-refractivity contribution in [2.45, 2.75) is 6.92 Å². The molecule has 1 saturated heterocycles. The number of hydrazine groups is 1. The topological polar surface area (TPSA) is 72.8 Å². The number of hydrogen-bond donors (Lipinski definition) is 3. The van der Waals surface area contributed by atoms with E-state index in [1.54, 1.807) is 12.1 Å². The van der Waals surface area contributed by atoms with Crippen molar-refractivity contribution >= 4 is 40.3 Å². The number of thiocarbonyl (C=S) groups is 1. The number of benzene rings is 1. The molecule has 0 unspecified atom stereocenters. The van der Waals surface area contributed by atoms with Crippen LogP contribution >= 0.6 is 24.0 Å². The molecule has 0 spiro atoms. The van der Waals surface area contributed by atoms with Crippen molar-refractivity contribution in [3.63, 3.8) is 0 Å². The summed E-state index contributed by atoms with van der Waals surface area (Å²) in [4.78, 5) is 12.5. The number of nitrogens with one attached hydrogen (secondary N) is 1. The Balaban J connectivity index is 2.27.